The van der Waals surface area contributed by atoms with Crippen LogP contribution in [0.15, 0.2) is 24.3 Å². The quantitative estimate of drug-likeness (QED) is 0.777. The van der Waals surface area contributed by atoms with E-state index < -0.39 is 0 Å². The van der Waals surface area contributed by atoms with Crippen LogP contribution < -0.4 is 16.0 Å². The summed E-state index contributed by atoms with van der Waals surface area (Å²) < 4.78 is 0. The minimum absolute atomic E-state index is 0.00640. The lowest BCUT2D eigenvalue weighted by Gasteiger charge is -2.37. The number of nitrogens with one attached hydrogen (secondary N) is 3. The number of hydrogen-bond acceptors (Lipinski definition) is 3. The Bertz CT molecular complexity index is 616. The van der Waals surface area contributed by atoms with Crippen LogP contribution in [0.4, 0.5) is 11.4 Å². The molecule has 1 aromatic rings. The van der Waals surface area contributed by atoms with Crippen molar-refractivity contribution in [1.29, 1.82) is 0 Å². The van der Waals surface area contributed by atoms with E-state index in [4.69, 9.17) is 0 Å². The van der Waals surface area contributed by atoms with E-state index in [0.29, 0.717) is 12.3 Å². The zero-order valence-electron chi connectivity index (χ0n) is 14.4. The summed E-state index contributed by atoms with van der Waals surface area (Å²) in [5.74, 6) is 0.569. The van der Waals surface area contributed by atoms with Gasteiger partial charge in [-0.15, -0.1) is 0 Å². The van der Waals surface area contributed by atoms with Crippen LogP contribution in [0, 0.1) is 11.3 Å². The monoisotopic (exact) mass is 329 g/mol. The molecule has 2 atom stereocenters. The number of benzene rings is 1. The second-order valence-corrected chi connectivity index (χ2v) is 7.06. The van der Waals surface area contributed by atoms with E-state index in [1.165, 1.54) is 6.42 Å². The average molecular weight is 329 g/mol. The van der Waals surface area contributed by atoms with Gasteiger partial charge in [0, 0.05) is 24.3 Å². The Morgan fingerprint density at radius 3 is 2.83 bits per heavy atom. The molecule has 1 saturated heterocycles. The molecule has 5 heteroatoms. The fraction of sp³-hybridized carbons (Fsp3) is 0.579. The van der Waals surface area contributed by atoms with Crippen LogP contribution in [0.1, 0.15) is 45.4 Å². The Balaban J connectivity index is 1.69. The first-order chi connectivity index (χ1) is 11.6. The highest BCUT2D eigenvalue weighted by Gasteiger charge is 2.49. The van der Waals surface area contributed by atoms with Gasteiger partial charge in [0.05, 0.1) is 5.41 Å². The van der Waals surface area contributed by atoms with Gasteiger partial charge in [0.1, 0.15) is 0 Å². The molecule has 0 bridgehead atoms. The lowest BCUT2D eigenvalue weighted by molar-refractivity contribution is -0.128. The number of carbonyl (C=O) groups excluding carboxylic acids is 2. The smallest absolute Gasteiger partial charge is 0.232 e. The molecule has 2 amide bonds. The molecule has 1 aliphatic carbocycles. The molecule has 0 radical (unpaired) electrons. The van der Waals surface area contributed by atoms with Crippen LogP contribution in [-0.4, -0.2) is 24.9 Å². The van der Waals surface area contributed by atoms with Crippen LogP contribution in [0.5, 0.6) is 0 Å². The van der Waals surface area contributed by atoms with Gasteiger partial charge >= 0.3 is 0 Å². The molecule has 3 rings (SSSR count). The van der Waals surface area contributed by atoms with E-state index in [2.05, 4.69) is 16.0 Å². The Labute approximate surface area is 143 Å². The summed E-state index contributed by atoms with van der Waals surface area (Å²) in [6, 6.07) is 7.43. The van der Waals surface area contributed by atoms with Crippen molar-refractivity contribution in [2.45, 2.75) is 45.4 Å². The standard InChI is InChI=1S/C19H27N3O2/c1-2-6-17(23)21-15-8-5-9-16(11-15)22-18(24)19-10-4-3-7-14(19)12-20-13-19/h5,8-9,11,14,20H,2-4,6-7,10,12-13H2,1H3,(H,21,23)(H,22,24)/t14-,19+/m0/s1. The number of carbonyl (C=O) groups is 2. The minimum Gasteiger partial charge on any atom is -0.326 e. The van der Waals surface area contributed by atoms with Gasteiger partial charge in [-0.3, -0.25) is 9.59 Å². The average Bonchev–Trinajstić information content (AvgIpc) is 3.00. The summed E-state index contributed by atoms with van der Waals surface area (Å²) in [6.07, 6.45) is 5.77. The fourth-order valence-corrected chi connectivity index (χ4v) is 4.07. The molecule has 1 aliphatic heterocycles. The maximum Gasteiger partial charge on any atom is 0.232 e. The molecular weight excluding hydrogens is 302 g/mol. The van der Waals surface area contributed by atoms with Crippen LogP contribution >= 0.6 is 0 Å². The van der Waals surface area contributed by atoms with Gasteiger partial charge in [-0.05, 0) is 49.9 Å². The highest BCUT2D eigenvalue weighted by atomic mass is 16.2. The molecule has 24 heavy (non-hydrogen) atoms. The van der Waals surface area contributed by atoms with E-state index in [9.17, 15) is 9.59 Å². The van der Waals surface area contributed by atoms with E-state index in [-0.39, 0.29) is 17.2 Å². The summed E-state index contributed by atoms with van der Waals surface area (Å²) >= 11 is 0. The van der Waals surface area contributed by atoms with Crippen molar-refractivity contribution in [2.75, 3.05) is 23.7 Å². The number of fused-ring (bicyclic) bond motifs is 1. The summed E-state index contributed by atoms with van der Waals surface area (Å²) in [7, 11) is 0. The molecule has 2 aliphatic rings. The molecular formula is C19H27N3O2. The maximum atomic E-state index is 13.0. The second kappa shape index (κ2) is 7.34. The summed E-state index contributed by atoms with van der Waals surface area (Å²) in [5.41, 5.74) is 1.22. The van der Waals surface area contributed by atoms with E-state index in [1.54, 1.807) is 0 Å². The summed E-state index contributed by atoms with van der Waals surface area (Å²) in [5, 5.41) is 9.37. The van der Waals surface area contributed by atoms with Crippen LogP contribution in [0.2, 0.25) is 0 Å². The highest BCUT2D eigenvalue weighted by molar-refractivity contribution is 5.97. The molecule has 1 aromatic carbocycles. The minimum atomic E-state index is -0.264. The Morgan fingerprint density at radius 2 is 2.04 bits per heavy atom. The molecule has 3 N–H and O–H groups in total. The van der Waals surface area contributed by atoms with Crippen LogP contribution in [0.25, 0.3) is 0 Å². The Morgan fingerprint density at radius 1 is 1.25 bits per heavy atom. The molecule has 130 valence electrons. The largest absolute Gasteiger partial charge is 0.326 e. The van der Waals surface area contributed by atoms with Gasteiger partial charge in [0.2, 0.25) is 11.8 Å². The van der Waals surface area contributed by atoms with E-state index in [1.807, 2.05) is 31.2 Å². The van der Waals surface area contributed by atoms with Gasteiger partial charge in [-0.1, -0.05) is 25.8 Å². The van der Waals surface area contributed by atoms with Crippen LogP contribution in [0.3, 0.4) is 0 Å². The van der Waals surface area contributed by atoms with E-state index >= 15 is 0 Å². The fourth-order valence-electron chi connectivity index (χ4n) is 4.07. The Kier molecular flexibility index (Phi) is 5.19. The van der Waals surface area contributed by atoms with Gasteiger partial charge < -0.3 is 16.0 Å². The Hall–Kier alpha value is -1.88. The summed E-state index contributed by atoms with van der Waals surface area (Å²) in [4.78, 5) is 24.7. The van der Waals surface area contributed by atoms with Crippen molar-refractivity contribution >= 4 is 23.2 Å². The topological polar surface area (TPSA) is 70.2 Å². The van der Waals surface area contributed by atoms with Gasteiger partial charge in [0.25, 0.3) is 0 Å². The highest BCUT2D eigenvalue weighted by Crippen LogP contribution is 2.44. The number of amides is 2. The van der Waals surface area contributed by atoms with Crippen LogP contribution in [-0.2, 0) is 9.59 Å². The zero-order valence-corrected chi connectivity index (χ0v) is 14.4. The van der Waals surface area contributed by atoms with Crippen molar-refractivity contribution in [3.8, 4) is 0 Å². The van der Waals surface area contributed by atoms with Crippen molar-refractivity contribution in [3.63, 3.8) is 0 Å². The summed E-state index contributed by atoms with van der Waals surface area (Å²) in [6.45, 7) is 3.70. The first-order valence-electron chi connectivity index (χ1n) is 9.06. The normalized spacial score (nSPS) is 25.8. The first-order valence-corrected chi connectivity index (χ1v) is 9.06. The third-order valence-electron chi connectivity index (χ3n) is 5.37. The molecule has 2 fully saturated rings. The third kappa shape index (κ3) is 3.46. The molecule has 0 spiro atoms. The molecule has 5 nitrogen and oxygen atoms in total. The number of hydrogen-bond donors (Lipinski definition) is 3. The van der Waals surface area contributed by atoms with Crippen molar-refractivity contribution in [1.82, 2.24) is 5.32 Å². The van der Waals surface area contributed by atoms with Gasteiger partial charge in [0.15, 0.2) is 0 Å². The lowest BCUT2D eigenvalue weighted by atomic mass is 9.67. The molecule has 0 unspecified atom stereocenters. The molecule has 0 aromatic heterocycles. The second-order valence-electron chi connectivity index (χ2n) is 7.06. The SMILES string of the molecule is CCCC(=O)Nc1cccc(NC(=O)[C@@]23CCCC[C@H]2CNC3)c1. The van der Waals surface area contributed by atoms with Gasteiger partial charge in [-0.25, -0.2) is 0 Å². The van der Waals surface area contributed by atoms with Crippen molar-refractivity contribution in [3.05, 3.63) is 24.3 Å². The predicted octanol–water partition coefficient (Wildman–Crippen LogP) is 3.14. The number of rotatable bonds is 5. The van der Waals surface area contributed by atoms with Gasteiger partial charge in [-0.2, -0.15) is 0 Å². The molecule has 1 heterocycles. The van der Waals surface area contributed by atoms with E-state index in [0.717, 1.165) is 50.1 Å². The van der Waals surface area contributed by atoms with Crippen molar-refractivity contribution < 1.29 is 9.59 Å². The van der Waals surface area contributed by atoms with Crippen molar-refractivity contribution in [2.24, 2.45) is 11.3 Å². The zero-order chi connectivity index (χ0) is 17.0. The first kappa shape index (κ1) is 17.0. The number of anilines is 2. The predicted molar refractivity (Wildman–Crippen MR) is 95.9 cm³/mol. The lowest BCUT2D eigenvalue weighted by Crippen LogP contribution is -2.44. The third-order valence-corrected chi connectivity index (χ3v) is 5.37. The molecule has 1 saturated carbocycles. The maximum absolute atomic E-state index is 13.0.